The Morgan fingerprint density at radius 3 is 2.26 bits per heavy atom. The highest BCUT2D eigenvalue weighted by Gasteiger charge is 2.22. The van der Waals surface area contributed by atoms with Crippen molar-refractivity contribution in [2.24, 2.45) is 0 Å². The van der Waals surface area contributed by atoms with Crippen LogP contribution in [0.2, 0.25) is 0 Å². The van der Waals surface area contributed by atoms with E-state index in [2.05, 4.69) is 24.1 Å². The summed E-state index contributed by atoms with van der Waals surface area (Å²) in [7, 11) is 0. The monoisotopic (exact) mass is 265 g/mol. The Bertz CT molecular complexity index is 425. The number of nitrogens with zero attached hydrogens (tertiary/aromatic N) is 2. The topological polar surface area (TPSA) is 35.6 Å². The molecule has 1 aromatic carbocycles. The molecule has 0 atom stereocenters. The van der Waals surface area contributed by atoms with Gasteiger partial charge in [-0.25, -0.2) is 9.18 Å². The zero-order valence-corrected chi connectivity index (χ0v) is 11.4. The number of hydrogen-bond acceptors (Lipinski definition) is 2. The highest BCUT2D eigenvalue weighted by molar-refractivity contribution is 5.89. The summed E-state index contributed by atoms with van der Waals surface area (Å²) in [4.78, 5) is 16.2. The third-order valence-electron chi connectivity index (χ3n) is 3.43. The summed E-state index contributed by atoms with van der Waals surface area (Å²) in [6.45, 7) is 7.57. The van der Waals surface area contributed by atoms with Crippen LogP contribution >= 0.6 is 0 Å². The SMILES string of the molecule is CC(C)N1CCN(C(=O)Nc2ccc(F)cc2)CC1. The highest BCUT2D eigenvalue weighted by atomic mass is 19.1. The second-order valence-electron chi connectivity index (χ2n) is 5.05. The lowest BCUT2D eigenvalue weighted by Gasteiger charge is -2.36. The lowest BCUT2D eigenvalue weighted by molar-refractivity contribution is 0.125. The fourth-order valence-corrected chi connectivity index (χ4v) is 2.18. The first-order chi connectivity index (χ1) is 9.06. The van der Waals surface area contributed by atoms with Gasteiger partial charge in [-0.05, 0) is 38.1 Å². The Hall–Kier alpha value is -1.62. The lowest BCUT2D eigenvalue weighted by Crippen LogP contribution is -2.51. The molecule has 0 radical (unpaired) electrons. The van der Waals surface area contributed by atoms with E-state index in [-0.39, 0.29) is 11.8 Å². The van der Waals surface area contributed by atoms with E-state index in [0.29, 0.717) is 11.7 Å². The molecule has 4 nitrogen and oxygen atoms in total. The molecule has 104 valence electrons. The molecule has 1 heterocycles. The molecule has 2 rings (SSSR count). The van der Waals surface area contributed by atoms with Crippen molar-refractivity contribution in [3.05, 3.63) is 30.1 Å². The van der Waals surface area contributed by atoms with E-state index in [4.69, 9.17) is 0 Å². The van der Waals surface area contributed by atoms with E-state index in [0.717, 1.165) is 26.2 Å². The molecule has 2 amide bonds. The van der Waals surface area contributed by atoms with E-state index in [9.17, 15) is 9.18 Å². The standard InChI is InChI=1S/C14H20FN3O/c1-11(2)17-7-9-18(10-8-17)14(19)16-13-5-3-12(15)4-6-13/h3-6,11H,7-10H2,1-2H3,(H,16,19). The maximum Gasteiger partial charge on any atom is 0.321 e. The third-order valence-corrected chi connectivity index (χ3v) is 3.43. The van der Waals surface area contributed by atoms with Crippen molar-refractivity contribution < 1.29 is 9.18 Å². The smallest absolute Gasteiger partial charge is 0.321 e. The number of carbonyl (C=O) groups excluding carboxylic acids is 1. The van der Waals surface area contributed by atoms with Gasteiger partial charge in [0.2, 0.25) is 0 Å². The Labute approximate surface area is 113 Å². The summed E-state index contributed by atoms with van der Waals surface area (Å²) < 4.78 is 12.8. The number of nitrogens with one attached hydrogen (secondary N) is 1. The Morgan fingerprint density at radius 1 is 1.16 bits per heavy atom. The Morgan fingerprint density at radius 2 is 1.74 bits per heavy atom. The van der Waals surface area contributed by atoms with Gasteiger partial charge in [0, 0.05) is 37.9 Å². The quantitative estimate of drug-likeness (QED) is 0.891. The van der Waals surface area contributed by atoms with Crippen LogP contribution in [0.3, 0.4) is 0 Å². The number of hydrogen-bond donors (Lipinski definition) is 1. The van der Waals surface area contributed by atoms with Gasteiger partial charge >= 0.3 is 6.03 Å². The lowest BCUT2D eigenvalue weighted by atomic mass is 10.2. The van der Waals surface area contributed by atoms with Crippen LogP contribution in [0.1, 0.15) is 13.8 Å². The summed E-state index contributed by atoms with van der Waals surface area (Å²) in [6.07, 6.45) is 0. The van der Waals surface area contributed by atoms with Crippen molar-refractivity contribution in [3.8, 4) is 0 Å². The minimum absolute atomic E-state index is 0.116. The van der Waals surface area contributed by atoms with Crippen LogP contribution in [0.15, 0.2) is 24.3 Å². The number of piperazine rings is 1. The van der Waals surface area contributed by atoms with Crippen LogP contribution in [-0.2, 0) is 0 Å². The summed E-state index contributed by atoms with van der Waals surface area (Å²) >= 11 is 0. The Balaban J connectivity index is 1.86. The molecule has 0 aromatic heterocycles. The minimum atomic E-state index is -0.302. The zero-order valence-electron chi connectivity index (χ0n) is 11.4. The first kappa shape index (κ1) is 13.8. The van der Waals surface area contributed by atoms with Crippen LogP contribution in [0.25, 0.3) is 0 Å². The number of anilines is 1. The minimum Gasteiger partial charge on any atom is -0.322 e. The molecule has 0 aliphatic carbocycles. The van der Waals surface area contributed by atoms with Gasteiger partial charge in [0.05, 0.1) is 0 Å². The van der Waals surface area contributed by atoms with E-state index in [1.807, 2.05) is 0 Å². The molecule has 1 fully saturated rings. The molecule has 19 heavy (non-hydrogen) atoms. The largest absolute Gasteiger partial charge is 0.322 e. The maximum atomic E-state index is 12.8. The molecular weight excluding hydrogens is 245 g/mol. The molecule has 1 aromatic rings. The van der Waals surface area contributed by atoms with Gasteiger partial charge < -0.3 is 10.2 Å². The average molecular weight is 265 g/mol. The van der Waals surface area contributed by atoms with Crippen molar-refractivity contribution in [1.29, 1.82) is 0 Å². The van der Waals surface area contributed by atoms with Gasteiger partial charge in [-0.1, -0.05) is 0 Å². The van der Waals surface area contributed by atoms with Crippen molar-refractivity contribution in [2.75, 3.05) is 31.5 Å². The molecule has 1 N–H and O–H groups in total. The molecule has 5 heteroatoms. The van der Waals surface area contributed by atoms with Gasteiger partial charge in [0.1, 0.15) is 5.82 Å². The first-order valence-electron chi connectivity index (χ1n) is 6.62. The predicted octanol–water partition coefficient (Wildman–Crippen LogP) is 2.38. The first-order valence-corrected chi connectivity index (χ1v) is 6.62. The highest BCUT2D eigenvalue weighted by Crippen LogP contribution is 2.11. The van der Waals surface area contributed by atoms with Gasteiger partial charge in [0.15, 0.2) is 0 Å². The molecule has 1 aliphatic rings. The second-order valence-corrected chi connectivity index (χ2v) is 5.05. The molecule has 1 saturated heterocycles. The number of carbonyl (C=O) groups is 1. The van der Waals surface area contributed by atoms with E-state index in [1.54, 1.807) is 17.0 Å². The number of urea groups is 1. The fourth-order valence-electron chi connectivity index (χ4n) is 2.18. The van der Waals surface area contributed by atoms with Crippen molar-refractivity contribution in [1.82, 2.24) is 9.80 Å². The number of halogens is 1. The van der Waals surface area contributed by atoms with Crippen LogP contribution in [-0.4, -0.2) is 48.1 Å². The van der Waals surface area contributed by atoms with E-state index in [1.165, 1.54) is 12.1 Å². The summed E-state index contributed by atoms with van der Waals surface area (Å²) in [5.41, 5.74) is 0.623. The summed E-state index contributed by atoms with van der Waals surface area (Å²) in [6, 6.07) is 6.21. The average Bonchev–Trinajstić information content (AvgIpc) is 2.41. The number of benzene rings is 1. The molecule has 1 aliphatic heterocycles. The van der Waals surface area contributed by atoms with Crippen molar-refractivity contribution in [3.63, 3.8) is 0 Å². The maximum absolute atomic E-state index is 12.8. The molecule has 0 bridgehead atoms. The van der Waals surface area contributed by atoms with Crippen LogP contribution in [0.4, 0.5) is 14.9 Å². The van der Waals surface area contributed by atoms with Gasteiger partial charge in [-0.2, -0.15) is 0 Å². The Kier molecular flexibility index (Phi) is 4.37. The molecule has 0 spiro atoms. The van der Waals surface area contributed by atoms with Gasteiger partial charge in [0.25, 0.3) is 0 Å². The van der Waals surface area contributed by atoms with Gasteiger partial charge in [-0.3, -0.25) is 4.90 Å². The van der Waals surface area contributed by atoms with Crippen molar-refractivity contribution >= 4 is 11.7 Å². The van der Waals surface area contributed by atoms with E-state index < -0.39 is 0 Å². The van der Waals surface area contributed by atoms with E-state index >= 15 is 0 Å². The van der Waals surface area contributed by atoms with Crippen molar-refractivity contribution in [2.45, 2.75) is 19.9 Å². The molecule has 0 saturated carbocycles. The zero-order chi connectivity index (χ0) is 13.8. The second kappa shape index (κ2) is 6.02. The third kappa shape index (κ3) is 3.67. The fraction of sp³-hybridized carbons (Fsp3) is 0.500. The molecule has 0 unspecified atom stereocenters. The predicted molar refractivity (Wildman–Crippen MR) is 73.7 cm³/mol. The number of rotatable bonds is 2. The number of amides is 2. The van der Waals surface area contributed by atoms with Gasteiger partial charge in [-0.15, -0.1) is 0 Å². The normalized spacial score (nSPS) is 16.7. The van der Waals surface area contributed by atoms with Crippen LogP contribution < -0.4 is 5.32 Å². The summed E-state index contributed by atoms with van der Waals surface area (Å²) in [5, 5.41) is 2.78. The van der Waals surface area contributed by atoms with Crippen LogP contribution in [0, 0.1) is 5.82 Å². The molecular formula is C14H20FN3O. The summed E-state index contributed by atoms with van der Waals surface area (Å²) in [5.74, 6) is -0.302. The van der Waals surface area contributed by atoms with Crippen LogP contribution in [0.5, 0.6) is 0 Å².